The van der Waals surface area contributed by atoms with E-state index in [4.69, 9.17) is 15.2 Å². The van der Waals surface area contributed by atoms with Crippen LogP contribution in [0.2, 0.25) is 0 Å². The highest BCUT2D eigenvalue weighted by molar-refractivity contribution is 7.90. The summed E-state index contributed by atoms with van der Waals surface area (Å²) in [6.45, 7) is 1.86. The Balaban J connectivity index is 2.42. The van der Waals surface area contributed by atoms with Crippen LogP contribution in [0.5, 0.6) is 11.5 Å². The molecule has 1 aromatic heterocycles. The molecule has 26 heavy (non-hydrogen) atoms. The number of hydrogen-bond acceptors (Lipinski definition) is 6. The number of nitrogens with zero attached hydrogens (tertiary/aromatic N) is 2. The summed E-state index contributed by atoms with van der Waals surface area (Å²) in [6.07, 6.45) is 0. The molecule has 0 unspecified atom stereocenters. The Morgan fingerprint density at radius 2 is 1.65 bits per heavy atom. The van der Waals surface area contributed by atoms with E-state index >= 15 is 0 Å². The van der Waals surface area contributed by atoms with E-state index in [-0.39, 0.29) is 21.8 Å². The summed E-state index contributed by atoms with van der Waals surface area (Å²) in [4.78, 5) is 0.0614. The first-order chi connectivity index (χ1) is 12.3. The van der Waals surface area contributed by atoms with Gasteiger partial charge in [0, 0.05) is 11.5 Å². The van der Waals surface area contributed by atoms with Gasteiger partial charge in [0.2, 0.25) is 0 Å². The molecule has 2 aromatic carbocycles. The lowest BCUT2D eigenvalue weighted by atomic mass is 10.2. The first-order valence-electron chi connectivity index (χ1n) is 7.63. The largest absolute Gasteiger partial charge is 0.493 e. The molecule has 0 bridgehead atoms. The molecule has 3 aromatic rings. The number of fused-ring (bicyclic) bond motifs is 1. The third-order valence-electron chi connectivity index (χ3n) is 4.13. The minimum atomic E-state index is -4.03. The monoisotopic (exact) mass is 371 g/mol. The molecule has 3 rings (SSSR count). The average Bonchev–Trinajstić information content (AvgIpc) is 2.92. The molecule has 1 heterocycles. The summed E-state index contributed by atoms with van der Waals surface area (Å²) in [5.74, 6) is 0.725. The molecule has 0 atom stereocenters. The lowest BCUT2D eigenvalue weighted by Gasteiger charge is -2.11. The number of hydrogen-bond donors (Lipinski definition) is 1. The second-order valence-corrected chi connectivity index (χ2v) is 7.47. The van der Waals surface area contributed by atoms with Gasteiger partial charge in [0.25, 0.3) is 10.0 Å². The smallest absolute Gasteiger partial charge is 0.269 e. The molecule has 0 amide bonds. The molecule has 7 nitrogen and oxygen atoms in total. The predicted molar refractivity (Wildman–Crippen MR) is 97.9 cm³/mol. The third kappa shape index (κ3) is 2.53. The third-order valence-corrected chi connectivity index (χ3v) is 5.86. The van der Waals surface area contributed by atoms with Crippen LogP contribution in [0, 0.1) is 18.3 Å². The minimum Gasteiger partial charge on any atom is -0.493 e. The highest BCUT2D eigenvalue weighted by Gasteiger charge is 2.27. The molecule has 0 saturated carbocycles. The van der Waals surface area contributed by atoms with E-state index in [1.54, 1.807) is 18.2 Å². The topological polar surface area (TPSA) is 107 Å². The van der Waals surface area contributed by atoms with Crippen LogP contribution in [-0.2, 0) is 10.0 Å². The lowest BCUT2D eigenvalue weighted by molar-refractivity contribution is 0.356. The molecule has 0 aliphatic heterocycles. The summed E-state index contributed by atoms with van der Waals surface area (Å²) in [6, 6.07) is 11.3. The Morgan fingerprint density at radius 1 is 1.08 bits per heavy atom. The second-order valence-electron chi connectivity index (χ2n) is 5.68. The fourth-order valence-corrected chi connectivity index (χ4v) is 4.26. The van der Waals surface area contributed by atoms with Crippen molar-refractivity contribution >= 4 is 26.6 Å². The Kier molecular flexibility index (Phi) is 4.26. The number of ether oxygens (including phenoxy) is 2. The Bertz CT molecular complexity index is 1140. The number of aromatic nitrogens is 1. The molecule has 0 aliphatic carbocycles. The van der Waals surface area contributed by atoms with Crippen molar-refractivity contribution in [2.24, 2.45) is 0 Å². The minimum absolute atomic E-state index is 0.0614. The van der Waals surface area contributed by atoms with E-state index < -0.39 is 10.0 Å². The Hall–Kier alpha value is -3.18. The first kappa shape index (κ1) is 17.6. The van der Waals surface area contributed by atoms with E-state index in [2.05, 4.69) is 0 Å². The van der Waals surface area contributed by atoms with Gasteiger partial charge in [-0.1, -0.05) is 17.7 Å². The maximum atomic E-state index is 13.2. The molecule has 8 heteroatoms. The van der Waals surface area contributed by atoms with Crippen LogP contribution in [0.4, 0.5) is 5.69 Å². The van der Waals surface area contributed by atoms with Gasteiger partial charge in [-0.3, -0.25) is 0 Å². The van der Waals surface area contributed by atoms with Crippen molar-refractivity contribution in [2.75, 3.05) is 20.0 Å². The van der Waals surface area contributed by atoms with E-state index in [0.717, 1.165) is 9.54 Å². The van der Waals surface area contributed by atoms with Crippen LogP contribution in [-0.4, -0.2) is 26.6 Å². The fraction of sp³-hybridized carbons (Fsp3) is 0.167. The zero-order valence-electron chi connectivity index (χ0n) is 14.5. The number of nitrogen functional groups attached to an aromatic ring is 1. The van der Waals surface area contributed by atoms with Crippen molar-refractivity contribution in [1.82, 2.24) is 3.97 Å². The van der Waals surface area contributed by atoms with Gasteiger partial charge in [0.15, 0.2) is 17.2 Å². The van der Waals surface area contributed by atoms with Crippen LogP contribution in [0.25, 0.3) is 10.9 Å². The molecule has 0 fully saturated rings. The number of anilines is 1. The Morgan fingerprint density at radius 3 is 2.19 bits per heavy atom. The maximum Gasteiger partial charge on any atom is 0.269 e. The summed E-state index contributed by atoms with van der Waals surface area (Å²) >= 11 is 0. The van der Waals surface area contributed by atoms with Gasteiger partial charge in [-0.25, -0.2) is 12.4 Å². The summed E-state index contributed by atoms with van der Waals surface area (Å²) in [7, 11) is -1.12. The summed E-state index contributed by atoms with van der Waals surface area (Å²) < 4.78 is 37.8. The molecule has 0 saturated heterocycles. The second kappa shape index (κ2) is 6.28. The number of nitriles is 1. The summed E-state index contributed by atoms with van der Waals surface area (Å²) in [5.41, 5.74) is 7.14. The highest BCUT2D eigenvalue weighted by atomic mass is 32.2. The standard InChI is InChI=1S/C18H17N3O4S/c1-11-4-6-12(7-5-11)26(22,23)21-14-9-17(25-3)16(24-2)8-13(14)18(20)15(21)10-19/h4-9H,20H2,1-3H3. The van der Waals surface area contributed by atoms with Gasteiger partial charge in [-0.05, 0) is 25.1 Å². The van der Waals surface area contributed by atoms with Crippen molar-refractivity contribution in [1.29, 1.82) is 5.26 Å². The zero-order valence-corrected chi connectivity index (χ0v) is 15.3. The van der Waals surface area contributed by atoms with Crippen LogP contribution >= 0.6 is 0 Å². The molecule has 0 spiro atoms. The van der Waals surface area contributed by atoms with Crippen LogP contribution in [0.1, 0.15) is 11.3 Å². The number of rotatable bonds is 4. The van der Waals surface area contributed by atoms with Gasteiger partial charge in [0.05, 0.1) is 30.3 Å². The summed E-state index contributed by atoms with van der Waals surface area (Å²) in [5, 5.41) is 9.93. The average molecular weight is 371 g/mol. The van der Waals surface area contributed by atoms with E-state index in [9.17, 15) is 13.7 Å². The fourth-order valence-electron chi connectivity index (χ4n) is 2.78. The van der Waals surface area contributed by atoms with Crippen molar-refractivity contribution in [3.05, 3.63) is 47.7 Å². The van der Waals surface area contributed by atoms with Gasteiger partial charge >= 0.3 is 0 Å². The van der Waals surface area contributed by atoms with Crippen molar-refractivity contribution in [3.63, 3.8) is 0 Å². The number of methoxy groups -OCH3 is 2. The zero-order chi connectivity index (χ0) is 19.1. The quantitative estimate of drug-likeness (QED) is 0.755. The predicted octanol–water partition coefficient (Wildman–Crippen LogP) is 2.66. The van der Waals surface area contributed by atoms with Gasteiger partial charge in [0.1, 0.15) is 6.07 Å². The van der Waals surface area contributed by atoms with Gasteiger partial charge in [-0.15, -0.1) is 0 Å². The van der Waals surface area contributed by atoms with Crippen molar-refractivity contribution < 1.29 is 17.9 Å². The van der Waals surface area contributed by atoms with Crippen LogP contribution in [0.15, 0.2) is 41.3 Å². The highest BCUT2D eigenvalue weighted by Crippen LogP contribution is 2.39. The number of aryl methyl sites for hydroxylation is 1. The number of benzene rings is 2. The van der Waals surface area contributed by atoms with Gasteiger partial charge in [-0.2, -0.15) is 5.26 Å². The molecular weight excluding hydrogens is 354 g/mol. The Labute approximate surface area is 151 Å². The maximum absolute atomic E-state index is 13.2. The van der Waals surface area contributed by atoms with Crippen LogP contribution in [0.3, 0.4) is 0 Å². The van der Waals surface area contributed by atoms with Crippen molar-refractivity contribution in [2.45, 2.75) is 11.8 Å². The van der Waals surface area contributed by atoms with Crippen molar-refractivity contribution in [3.8, 4) is 17.6 Å². The normalized spacial score (nSPS) is 11.3. The molecule has 134 valence electrons. The van der Waals surface area contributed by atoms with E-state index in [1.165, 1.54) is 32.4 Å². The molecule has 2 N–H and O–H groups in total. The first-order valence-corrected chi connectivity index (χ1v) is 9.07. The molecule has 0 radical (unpaired) electrons. The van der Waals surface area contributed by atoms with E-state index in [0.29, 0.717) is 16.9 Å². The van der Waals surface area contributed by atoms with Gasteiger partial charge < -0.3 is 15.2 Å². The molecule has 0 aliphatic rings. The SMILES string of the molecule is COc1cc2c(N)c(C#N)n(S(=O)(=O)c3ccc(C)cc3)c2cc1OC. The van der Waals surface area contributed by atoms with Crippen LogP contribution < -0.4 is 15.2 Å². The number of nitrogens with two attached hydrogens (primary N) is 1. The lowest BCUT2D eigenvalue weighted by Crippen LogP contribution is -2.15. The molecular formula is C18H17N3O4S. The van der Waals surface area contributed by atoms with E-state index in [1.807, 2.05) is 13.0 Å².